The fraction of sp³-hybridized carbons (Fsp3) is 0.680. The van der Waals surface area contributed by atoms with Crippen molar-refractivity contribution in [1.29, 1.82) is 0 Å². The first-order valence-electron chi connectivity index (χ1n) is 12.0. The molecule has 1 heterocycles. The van der Waals surface area contributed by atoms with Crippen molar-refractivity contribution >= 4 is 11.9 Å². The third kappa shape index (κ3) is 7.84. The highest BCUT2D eigenvalue weighted by Gasteiger charge is 2.28. The van der Waals surface area contributed by atoms with Crippen LogP contribution in [0, 0.1) is 11.8 Å². The molecule has 2 atom stereocenters. The van der Waals surface area contributed by atoms with Crippen molar-refractivity contribution < 1.29 is 9.59 Å². The van der Waals surface area contributed by atoms with Crippen molar-refractivity contribution in [3.8, 4) is 0 Å². The molecule has 1 saturated heterocycles. The maximum absolute atomic E-state index is 12.4. The van der Waals surface area contributed by atoms with Gasteiger partial charge in [-0.15, -0.1) is 0 Å². The van der Waals surface area contributed by atoms with Crippen LogP contribution in [0.1, 0.15) is 70.4 Å². The molecule has 3 rings (SSSR count). The van der Waals surface area contributed by atoms with Gasteiger partial charge in [-0.2, -0.15) is 0 Å². The summed E-state index contributed by atoms with van der Waals surface area (Å²) < 4.78 is 0. The zero-order valence-electron chi connectivity index (χ0n) is 19.5. The molecule has 1 aromatic carbocycles. The van der Waals surface area contributed by atoms with Gasteiger partial charge in [-0.3, -0.25) is 9.69 Å². The van der Waals surface area contributed by atoms with Gasteiger partial charge in [-0.1, -0.05) is 37.6 Å². The maximum atomic E-state index is 12.4. The normalized spacial score (nSPS) is 22.8. The summed E-state index contributed by atoms with van der Waals surface area (Å²) in [6.45, 7) is 10.1. The number of carbonyl (C=O) groups excluding carboxylic acids is 2. The highest BCUT2D eigenvalue weighted by atomic mass is 16.2. The van der Waals surface area contributed by atoms with Crippen LogP contribution in [0.15, 0.2) is 24.3 Å². The van der Waals surface area contributed by atoms with Crippen LogP contribution >= 0.6 is 0 Å². The predicted octanol–water partition coefficient (Wildman–Crippen LogP) is 3.80. The Kier molecular flexibility index (Phi) is 8.76. The highest BCUT2D eigenvalue weighted by molar-refractivity contribution is 5.79. The predicted molar refractivity (Wildman–Crippen MR) is 125 cm³/mol. The van der Waals surface area contributed by atoms with Crippen molar-refractivity contribution in [3.63, 3.8) is 0 Å². The number of nitrogens with zero attached hydrogens (tertiary/aromatic N) is 1. The van der Waals surface area contributed by atoms with Crippen LogP contribution in [0.2, 0.25) is 0 Å². The minimum atomic E-state index is -0.148. The molecule has 31 heavy (non-hydrogen) atoms. The molecule has 2 fully saturated rings. The number of carbonyl (C=O) groups is 2. The van der Waals surface area contributed by atoms with E-state index in [0.717, 1.165) is 43.7 Å². The van der Waals surface area contributed by atoms with E-state index < -0.39 is 0 Å². The molecule has 2 unspecified atom stereocenters. The van der Waals surface area contributed by atoms with E-state index in [1.807, 2.05) is 13.8 Å². The number of urea groups is 1. The lowest BCUT2D eigenvalue weighted by atomic mass is 9.85. The summed E-state index contributed by atoms with van der Waals surface area (Å²) >= 11 is 0. The Bertz CT molecular complexity index is 728. The SMILES string of the molecule is CC1CCN(Cc2cccc(CNC(=O)NC3CCCC(C(=O)NC(C)C)C3)c2)CC1. The molecule has 3 amide bonds. The summed E-state index contributed by atoms with van der Waals surface area (Å²) in [6.07, 6.45) is 6.09. The molecule has 1 aromatic rings. The standard InChI is InChI=1S/C25H40N4O2/c1-18(2)27-24(30)22-8-5-9-23(15-22)28-25(31)26-16-20-6-4-7-21(14-20)17-29-12-10-19(3)11-13-29/h4,6-7,14,18-19,22-23H,5,8-13,15-17H2,1-3H3,(H,27,30)(H2,26,28,31). The zero-order valence-corrected chi connectivity index (χ0v) is 19.5. The van der Waals surface area contributed by atoms with E-state index in [1.165, 1.54) is 31.5 Å². The number of rotatable bonds is 7. The monoisotopic (exact) mass is 428 g/mol. The lowest BCUT2D eigenvalue weighted by Gasteiger charge is -2.30. The van der Waals surface area contributed by atoms with Crippen molar-refractivity contribution in [2.24, 2.45) is 11.8 Å². The van der Waals surface area contributed by atoms with Crippen molar-refractivity contribution in [2.75, 3.05) is 13.1 Å². The van der Waals surface area contributed by atoms with E-state index in [4.69, 9.17) is 0 Å². The Morgan fingerprint density at radius 2 is 1.84 bits per heavy atom. The molecular weight excluding hydrogens is 388 g/mol. The summed E-state index contributed by atoms with van der Waals surface area (Å²) in [5.41, 5.74) is 2.43. The molecule has 2 aliphatic rings. The molecule has 1 aliphatic heterocycles. The third-order valence-electron chi connectivity index (χ3n) is 6.54. The number of nitrogens with one attached hydrogen (secondary N) is 3. The zero-order chi connectivity index (χ0) is 22.2. The largest absolute Gasteiger partial charge is 0.354 e. The second kappa shape index (κ2) is 11.5. The van der Waals surface area contributed by atoms with Gasteiger partial charge in [-0.25, -0.2) is 4.79 Å². The third-order valence-corrected chi connectivity index (χ3v) is 6.54. The van der Waals surface area contributed by atoms with Crippen LogP contribution in [0.4, 0.5) is 4.79 Å². The van der Waals surface area contributed by atoms with Crippen LogP contribution in [0.5, 0.6) is 0 Å². The fourth-order valence-electron chi connectivity index (χ4n) is 4.70. The number of amides is 3. The van der Waals surface area contributed by atoms with Crippen LogP contribution in [-0.4, -0.2) is 42.0 Å². The van der Waals surface area contributed by atoms with E-state index >= 15 is 0 Å². The number of likely N-dealkylation sites (tertiary alicyclic amines) is 1. The molecular formula is C25H40N4O2. The smallest absolute Gasteiger partial charge is 0.315 e. The average Bonchev–Trinajstić information content (AvgIpc) is 2.74. The second-order valence-electron chi connectivity index (χ2n) is 9.83. The number of benzene rings is 1. The van der Waals surface area contributed by atoms with Crippen molar-refractivity contribution in [3.05, 3.63) is 35.4 Å². The molecule has 1 saturated carbocycles. The minimum absolute atomic E-state index is 0.00379. The molecule has 0 aromatic heterocycles. The summed E-state index contributed by atoms with van der Waals surface area (Å²) in [6, 6.07) is 8.58. The first-order chi connectivity index (χ1) is 14.9. The van der Waals surface area contributed by atoms with Crippen LogP contribution in [0.3, 0.4) is 0 Å². The number of hydrogen-bond acceptors (Lipinski definition) is 3. The molecule has 0 bridgehead atoms. The van der Waals surface area contributed by atoms with Crippen molar-refractivity contribution in [2.45, 2.75) is 84.5 Å². The molecule has 172 valence electrons. The van der Waals surface area contributed by atoms with Gasteiger partial charge >= 0.3 is 6.03 Å². The van der Waals surface area contributed by atoms with Gasteiger partial charge in [0.15, 0.2) is 0 Å². The van der Waals surface area contributed by atoms with E-state index in [2.05, 4.69) is 52.0 Å². The highest BCUT2D eigenvalue weighted by Crippen LogP contribution is 2.24. The molecule has 3 N–H and O–H groups in total. The van der Waals surface area contributed by atoms with E-state index in [-0.39, 0.29) is 29.9 Å². The van der Waals surface area contributed by atoms with E-state index in [9.17, 15) is 9.59 Å². The number of piperidine rings is 1. The Morgan fingerprint density at radius 1 is 1.10 bits per heavy atom. The number of hydrogen-bond donors (Lipinski definition) is 3. The molecule has 6 nitrogen and oxygen atoms in total. The maximum Gasteiger partial charge on any atom is 0.315 e. The molecule has 0 spiro atoms. The molecule has 6 heteroatoms. The van der Waals surface area contributed by atoms with E-state index in [0.29, 0.717) is 6.54 Å². The van der Waals surface area contributed by atoms with Crippen LogP contribution in [-0.2, 0) is 17.9 Å². The van der Waals surface area contributed by atoms with E-state index in [1.54, 1.807) is 0 Å². The van der Waals surface area contributed by atoms with Crippen LogP contribution in [0.25, 0.3) is 0 Å². The Morgan fingerprint density at radius 3 is 2.58 bits per heavy atom. The Balaban J connectivity index is 1.42. The first-order valence-corrected chi connectivity index (χ1v) is 12.0. The first kappa shape index (κ1) is 23.6. The van der Waals surface area contributed by atoms with Crippen LogP contribution < -0.4 is 16.0 Å². The van der Waals surface area contributed by atoms with Gasteiger partial charge in [0.1, 0.15) is 0 Å². The van der Waals surface area contributed by atoms with Crippen molar-refractivity contribution in [1.82, 2.24) is 20.9 Å². The second-order valence-corrected chi connectivity index (χ2v) is 9.83. The molecule has 0 radical (unpaired) electrons. The van der Waals surface area contributed by atoms with Gasteiger partial charge in [0, 0.05) is 31.1 Å². The summed E-state index contributed by atoms with van der Waals surface area (Å²) in [7, 11) is 0. The van der Waals surface area contributed by atoms with Gasteiger partial charge in [-0.05, 0) is 76.1 Å². The Hall–Kier alpha value is -2.08. The fourth-order valence-corrected chi connectivity index (χ4v) is 4.70. The summed E-state index contributed by atoms with van der Waals surface area (Å²) in [4.78, 5) is 27.3. The summed E-state index contributed by atoms with van der Waals surface area (Å²) in [5.74, 6) is 0.951. The summed E-state index contributed by atoms with van der Waals surface area (Å²) in [5, 5.41) is 9.07. The lowest BCUT2D eigenvalue weighted by molar-refractivity contribution is -0.126. The minimum Gasteiger partial charge on any atom is -0.354 e. The lowest BCUT2D eigenvalue weighted by Crippen LogP contribution is -2.46. The van der Waals surface area contributed by atoms with Gasteiger partial charge in [0.05, 0.1) is 0 Å². The van der Waals surface area contributed by atoms with Gasteiger partial charge in [0.25, 0.3) is 0 Å². The van der Waals surface area contributed by atoms with Gasteiger partial charge < -0.3 is 16.0 Å². The quantitative estimate of drug-likeness (QED) is 0.618. The Labute approximate surface area is 187 Å². The van der Waals surface area contributed by atoms with Gasteiger partial charge in [0.2, 0.25) is 5.91 Å². The topological polar surface area (TPSA) is 73.5 Å². The molecule has 1 aliphatic carbocycles. The average molecular weight is 429 g/mol.